The Labute approximate surface area is 65.7 Å². The van der Waals surface area contributed by atoms with Gasteiger partial charge in [-0.25, -0.2) is 4.99 Å². The summed E-state index contributed by atoms with van der Waals surface area (Å²) in [4.78, 5) is 3.42. The van der Waals surface area contributed by atoms with Gasteiger partial charge in [-0.3, -0.25) is 0 Å². The molecule has 5 heteroatoms. The Bertz CT molecular complexity index is 188. The largest absolute Gasteiger partial charge is 0.493 e. The third-order valence-electron chi connectivity index (χ3n) is 1.08. The van der Waals surface area contributed by atoms with Crippen molar-refractivity contribution in [3.63, 3.8) is 0 Å². The molecule has 0 heterocycles. The van der Waals surface area contributed by atoms with E-state index in [0.717, 1.165) is 0 Å². The van der Waals surface area contributed by atoms with Gasteiger partial charge < -0.3 is 14.8 Å². The Morgan fingerprint density at radius 3 is 2.27 bits per heavy atom. The van der Waals surface area contributed by atoms with Crippen molar-refractivity contribution in [1.29, 1.82) is 0 Å². The zero-order valence-corrected chi connectivity index (χ0v) is 6.32. The van der Waals surface area contributed by atoms with Crippen molar-refractivity contribution in [1.82, 2.24) is 0 Å². The molecule has 0 spiro atoms. The number of hydrogen-bond donors (Lipinski definition) is 2. The zero-order valence-electron chi connectivity index (χ0n) is 6.32. The summed E-state index contributed by atoms with van der Waals surface area (Å²) >= 11 is 0. The molecule has 0 atom stereocenters. The van der Waals surface area contributed by atoms with Crippen molar-refractivity contribution in [3.8, 4) is 0 Å². The molecule has 0 fully saturated rings. The van der Waals surface area contributed by atoms with Gasteiger partial charge in [-0.1, -0.05) is 12.7 Å². The minimum Gasteiger partial charge on any atom is -0.481 e. The summed E-state index contributed by atoms with van der Waals surface area (Å²) in [5.41, 5.74) is 0.0995. The highest BCUT2D eigenvalue weighted by atomic mass is 16.5. The summed E-state index contributed by atoms with van der Waals surface area (Å²) in [6.07, 6.45) is 1.25. The minimum absolute atomic E-state index is 0.0648. The van der Waals surface area contributed by atoms with Crippen LogP contribution >= 0.6 is 0 Å². The lowest BCUT2D eigenvalue weighted by molar-refractivity contribution is 0.285. The summed E-state index contributed by atoms with van der Waals surface area (Å²) < 4.78 is 4.67. The van der Waals surface area contributed by atoms with Gasteiger partial charge >= 0.3 is 7.12 Å². The molecular formula is C6H10BNO3. The molecule has 0 saturated heterocycles. The Morgan fingerprint density at radius 1 is 1.64 bits per heavy atom. The van der Waals surface area contributed by atoms with E-state index in [9.17, 15) is 0 Å². The summed E-state index contributed by atoms with van der Waals surface area (Å²) in [6, 6.07) is 0. The molecule has 4 nitrogen and oxygen atoms in total. The Morgan fingerprint density at radius 2 is 2.18 bits per heavy atom. The maximum Gasteiger partial charge on any atom is 0.493 e. The standard InChI is InChI=1S/C6H10BNO3/c1-4-5(7(9)10)6(8-2)11-3/h4,9-10H,1-2H2,3H3/b6-5-. The van der Waals surface area contributed by atoms with Gasteiger partial charge in [0.1, 0.15) is 0 Å². The second-order valence-electron chi connectivity index (χ2n) is 1.70. The van der Waals surface area contributed by atoms with Crippen molar-refractivity contribution in [2.45, 2.75) is 0 Å². The summed E-state index contributed by atoms with van der Waals surface area (Å²) in [5.74, 6) is 0.0648. The van der Waals surface area contributed by atoms with Gasteiger partial charge in [-0.05, 0) is 6.72 Å². The van der Waals surface area contributed by atoms with E-state index in [1.54, 1.807) is 0 Å². The van der Waals surface area contributed by atoms with Crippen LogP contribution in [0.5, 0.6) is 0 Å². The van der Waals surface area contributed by atoms with Gasteiger partial charge in [0.15, 0.2) is 0 Å². The van der Waals surface area contributed by atoms with Gasteiger partial charge in [0, 0.05) is 5.47 Å². The predicted octanol–water partition coefficient (Wildman–Crippen LogP) is -0.257. The maximum absolute atomic E-state index is 8.70. The van der Waals surface area contributed by atoms with Gasteiger partial charge in [0.05, 0.1) is 7.11 Å². The van der Waals surface area contributed by atoms with Gasteiger partial charge in [0.25, 0.3) is 0 Å². The van der Waals surface area contributed by atoms with Crippen LogP contribution in [0.25, 0.3) is 0 Å². The van der Waals surface area contributed by atoms with E-state index in [1.807, 2.05) is 0 Å². The SMILES string of the molecule is C=C/C(B(O)O)=C(\N=C)OC. The highest BCUT2D eigenvalue weighted by Crippen LogP contribution is 2.08. The fourth-order valence-electron chi connectivity index (χ4n) is 0.577. The lowest BCUT2D eigenvalue weighted by Crippen LogP contribution is -2.16. The molecule has 0 aliphatic heterocycles. The number of nitrogens with zero attached hydrogens (tertiary/aromatic N) is 1. The molecule has 11 heavy (non-hydrogen) atoms. The van der Waals surface area contributed by atoms with Crippen LogP contribution in [0.2, 0.25) is 0 Å². The van der Waals surface area contributed by atoms with Crippen LogP contribution in [0, 0.1) is 0 Å². The third-order valence-corrected chi connectivity index (χ3v) is 1.08. The molecule has 0 saturated carbocycles. The summed E-state index contributed by atoms with van der Waals surface area (Å²) in [6.45, 7) is 6.53. The van der Waals surface area contributed by atoms with Crippen LogP contribution in [0.1, 0.15) is 0 Å². The second-order valence-corrected chi connectivity index (χ2v) is 1.70. The molecule has 0 bridgehead atoms. The molecule has 0 aromatic heterocycles. The minimum atomic E-state index is -1.63. The number of hydrogen-bond acceptors (Lipinski definition) is 4. The zero-order chi connectivity index (χ0) is 8.85. The first-order valence-corrected chi connectivity index (χ1v) is 2.90. The van der Waals surface area contributed by atoms with Crippen molar-refractivity contribution in [2.75, 3.05) is 7.11 Å². The maximum atomic E-state index is 8.70. The second kappa shape index (κ2) is 4.70. The quantitative estimate of drug-likeness (QED) is 0.254. The van der Waals surface area contributed by atoms with E-state index in [1.165, 1.54) is 13.2 Å². The van der Waals surface area contributed by atoms with Crippen molar-refractivity contribution in [2.24, 2.45) is 4.99 Å². The first-order chi connectivity index (χ1) is 5.17. The van der Waals surface area contributed by atoms with Gasteiger partial charge in [-0.2, -0.15) is 0 Å². The van der Waals surface area contributed by atoms with Crippen LogP contribution < -0.4 is 0 Å². The molecule has 0 radical (unpaired) electrons. The molecular weight excluding hydrogens is 145 g/mol. The lowest BCUT2D eigenvalue weighted by atomic mass is 9.79. The molecule has 60 valence electrons. The average molecular weight is 155 g/mol. The number of allylic oxidation sites excluding steroid dienone is 2. The summed E-state index contributed by atoms with van der Waals surface area (Å²) in [5, 5.41) is 17.4. The fourth-order valence-corrected chi connectivity index (χ4v) is 0.577. The molecule has 0 aliphatic carbocycles. The van der Waals surface area contributed by atoms with Crippen LogP contribution in [-0.2, 0) is 4.74 Å². The van der Waals surface area contributed by atoms with E-state index in [0.29, 0.717) is 0 Å². The number of aliphatic imine (C=N–C) groups is 1. The van der Waals surface area contributed by atoms with E-state index < -0.39 is 7.12 Å². The van der Waals surface area contributed by atoms with E-state index in [-0.39, 0.29) is 11.4 Å². The Hall–Kier alpha value is -1.07. The van der Waals surface area contributed by atoms with E-state index in [4.69, 9.17) is 10.0 Å². The monoisotopic (exact) mass is 155 g/mol. The first-order valence-electron chi connectivity index (χ1n) is 2.90. The number of ether oxygens (including phenoxy) is 1. The van der Waals surface area contributed by atoms with E-state index in [2.05, 4.69) is 23.0 Å². The molecule has 0 unspecified atom stereocenters. The number of rotatable bonds is 4. The predicted molar refractivity (Wildman–Crippen MR) is 44.0 cm³/mol. The van der Waals surface area contributed by atoms with Gasteiger partial charge in [0.2, 0.25) is 5.88 Å². The fraction of sp³-hybridized carbons (Fsp3) is 0.167. The summed E-state index contributed by atoms with van der Waals surface area (Å²) in [7, 11) is -0.274. The van der Waals surface area contributed by atoms with Crippen molar-refractivity contribution in [3.05, 3.63) is 24.0 Å². The van der Waals surface area contributed by atoms with Crippen LogP contribution in [0.4, 0.5) is 0 Å². The lowest BCUT2D eigenvalue weighted by Gasteiger charge is -2.04. The number of methoxy groups -OCH3 is 1. The normalized spacial score (nSPS) is 11.5. The van der Waals surface area contributed by atoms with Crippen molar-refractivity contribution < 1.29 is 14.8 Å². The highest BCUT2D eigenvalue weighted by molar-refractivity contribution is 6.51. The van der Waals surface area contributed by atoms with Crippen LogP contribution in [-0.4, -0.2) is 31.0 Å². The average Bonchev–Trinajstić information content (AvgIpc) is 1.99. The molecule has 2 N–H and O–H groups in total. The van der Waals surface area contributed by atoms with Crippen LogP contribution in [0.15, 0.2) is 29.0 Å². The first kappa shape index (κ1) is 9.93. The van der Waals surface area contributed by atoms with Gasteiger partial charge in [-0.15, -0.1) is 0 Å². The molecule has 0 amide bonds. The van der Waals surface area contributed by atoms with Crippen molar-refractivity contribution >= 4 is 13.8 Å². The molecule has 0 rings (SSSR count). The van der Waals surface area contributed by atoms with E-state index >= 15 is 0 Å². The smallest absolute Gasteiger partial charge is 0.481 e. The third kappa shape index (κ3) is 2.57. The molecule has 0 aromatic carbocycles. The Balaban J connectivity index is 4.76. The highest BCUT2D eigenvalue weighted by Gasteiger charge is 2.16. The van der Waals surface area contributed by atoms with Crippen LogP contribution in [0.3, 0.4) is 0 Å². The molecule has 0 aliphatic rings. The molecule has 0 aromatic rings. The Kier molecular flexibility index (Phi) is 4.25. The topological polar surface area (TPSA) is 62.0 Å².